The summed E-state index contributed by atoms with van der Waals surface area (Å²) in [6.07, 6.45) is 1.85. The highest BCUT2D eigenvalue weighted by atomic mass is 16.4. The van der Waals surface area contributed by atoms with Crippen LogP contribution in [-0.4, -0.2) is 20.8 Å². The van der Waals surface area contributed by atoms with Crippen molar-refractivity contribution < 1.29 is 5.21 Å². The summed E-state index contributed by atoms with van der Waals surface area (Å²) in [5.74, 6) is 0.0770. The van der Waals surface area contributed by atoms with Gasteiger partial charge in [-0.15, -0.1) is 0 Å². The van der Waals surface area contributed by atoms with E-state index in [4.69, 9.17) is 10.9 Å². The second-order valence-corrected chi connectivity index (χ2v) is 3.91. The molecule has 0 spiro atoms. The number of nitrogens with zero attached hydrogens (tertiary/aromatic N) is 3. The molecule has 17 heavy (non-hydrogen) atoms. The highest BCUT2D eigenvalue weighted by Crippen LogP contribution is 2.16. The van der Waals surface area contributed by atoms with Crippen molar-refractivity contribution >= 4 is 5.84 Å². The molecule has 5 heteroatoms. The lowest BCUT2D eigenvalue weighted by Gasteiger charge is -2.09. The average Bonchev–Trinajstić information content (AvgIpc) is 2.75. The monoisotopic (exact) mass is 230 g/mol. The van der Waals surface area contributed by atoms with Crippen LogP contribution in [0.2, 0.25) is 0 Å². The molecule has 0 aliphatic heterocycles. The topological polar surface area (TPSA) is 76.4 Å². The molecule has 88 valence electrons. The molecule has 2 aromatic rings. The second kappa shape index (κ2) is 4.29. The first-order valence-corrected chi connectivity index (χ1v) is 5.23. The molecule has 0 aliphatic rings. The van der Waals surface area contributed by atoms with Crippen molar-refractivity contribution in [1.82, 2.24) is 9.78 Å². The highest BCUT2D eigenvalue weighted by molar-refractivity contribution is 6.00. The zero-order valence-electron chi connectivity index (χ0n) is 9.75. The molecule has 5 nitrogen and oxygen atoms in total. The SMILES string of the molecule is Cc1ccc(C(N)=NO)c(-n2ccc(C)n2)c1. The van der Waals surface area contributed by atoms with Gasteiger partial charge < -0.3 is 10.9 Å². The number of hydrogen-bond donors (Lipinski definition) is 2. The van der Waals surface area contributed by atoms with E-state index in [1.807, 2.05) is 44.3 Å². The summed E-state index contributed by atoms with van der Waals surface area (Å²) in [7, 11) is 0. The minimum Gasteiger partial charge on any atom is -0.409 e. The molecule has 1 aromatic carbocycles. The number of nitrogens with two attached hydrogens (primary N) is 1. The summed E-state index contributed by atoms with van der Waals surface area (Å²) < 4.78 is 1.72. The maximum Gasteiger partial charge on any atom is 0.172 e. The molecule has 0 bridgehead atoms. The molecule has 1 heterocycles. The van der Waals surface area contributed by atoms with Crippen LogP contribution in [0.1, 0.15) is 16.8 Å². The number of aryl methyl sites for hydroxylation is 2. The van der Waals surface area contributed by atoms with Gasteiger partial charge in [0.2, 0.25) is 0 Å². The largest absolute Gasteiger partial charge is 0.409 e. The van der Waals surface area contributed by atoms with Crippen molar-refractivity contribution in [3.8, 4) is 5.69 Å². The molecular weight excluding hydrogens is 216 g/mol. The van der Waals surface area contributed by atoms with Crippen molar-refractivity contribution in [1.29, 1.82) is 0 Å². The molecule has 2 rings (SSSR count). The van der Waals surface area contributed by atoms with Gasteiger partial charge in [-0.1, -0.05) is 11.2 Å². The summed E-state index contributed by atoms with van der Waals surface area (Å²) in [5.41, 5.74) is 9.10. The smallest absolute Gasteiger partial charge is 0.172 e. The normalized spacial score (nSPS) is 11.8. The molecule has 0 saturated carbocycles. The van der Waals surface area contributed by atoms with Crippen LogP contribution in [0, 0.1) is 13.8 Å². The maximum atomic E-state index is 8.77. The van der Waals surface area contributed by atoms with Gasteiger partial charge >= 0.3 is 0 Å². The first-order valence-electron chi connectivity index (χ1n) is 5.23. The summed E-state index contributed by atoms with van der Waals surface area (Å²) in [6, 6.07) is 7.57. The molecule has 0 amide bonds. The third kappa shape index (κ3) is 2.13. The Hall–Kier alpha value is -2.30. The van der Waals surface area contributed by atoms with Crippen LogP contribution in [0.15, 0.2) is 35.6 Å². The minimum atomic E-state index is 0.0770. The predicted octanol–water partition coefficient (Wildman–Crippen LogP) is 1.58. The van der Waals surface area contributed by atoms with E-state index in [1.54, 1.807) is 4.68 Å². The first-order chi connectivity index (χ1) is 8.11. The number of hydrogen-bond acceptors (Lipinski definition) is 3. The summed E-state index contributed by atoms with van der Waals surface area (Å²) >= 11 is 0. The fourth-order valence-electron chi connectivity index (χ4n) is 1.65. The van der Waals surface area contributed by atoms with Gasteiger partial charge in [-0.3, -0.25) is 0 Å². The van der Waals surface area contributed by atoms with Crippen molar-refractivity contribution in [2.45, 2.75) is 13.8 Å². The van der Waals surface area contributed by atoms with E-state index in [0.29, 0.717) is 5.56 Å². The molecule has 1 aromatic heterocycles. The van der Waals surface area contributed by atoms with E-state index in [-0.39, 0.29) is 5.84 Å². The molecular formula is C12H14N4O. The fraction of sp³-hybridized carbons (Fsp3) is 0.167. The van der Waals surface area contributed by atoms with Gasteiger partial charge in [0.25, 0.3) is 0 Å². The van der Waals surface area contributed by atoms with Gasteiger partial charge in [-0.25, -0.2) is 4.68 Å². The standard InChI is InChI=1S/C12H14N4O/c1-8-3-4-10(12(13)15-17)11(7-8)16-6-5-9(2)14-16/h3-7,17H,1-2H3,(H2,13,15). The average molecular weight is 230 g/mol. The summed E-state index contributed by atoms with van der Waals surface area (Å²) in [5, 5.41) is 16.1. The Labute approximate surface area is 99.2 Å². The number of rotatable bonds is 2. The van der Waals surface area contributed by atoms with E-state index in [1.165, 1.54) is 0 Å². The maximum absolute atomic E-state index is 8.77. The Morgan fingerprint density at radius 3 is 2.71 bits per heavy atom. The molecule has 0 atom stereocenters. The zero-order valence-corrected chi connectivity index (χ0v) is 9.75. The van der Waals surface area contributed by atoms with E-state index < -0.39 is 0 Å². The molecule has 0 unspecified atom stereocenters. The Balaban J connectivity index is 2.62. The second-order valence-electron chi connectivity index (χ2n) is 3.91. The van der Waals surface area contributed by atoms with Gasteiger partial charge in [0.05, 0.1) is 11.4 Å². The lowest BCUT2D eigenvalue weighted by atomic mass is 10.1. The highest BCUT2D eigenvalue weighted by Gasteiger charge is 2.09. The molecule has 0 saturated heterocycles. The lowest BCUT2D eigenvalue weighted by Crippen LogP contribution is -2.16. The number of amidine groups is 1. The van der Waals surface area contributed by atoms with Crippen LogP contribution >= 0.6 is 0 Å². The molecule has 0 fully saturated rings. The number of benzene rings is 1. The predicted molar refractivity (Wildman–Crippen MR) is 65.5 cm³/mol. The van der Waals surface area contributed by atoms with Crippen LogP contribution in [0.5, 0.6) is 0 Å². The van der Waals surface area contributed by atoms with Crippen molar-refractivity contribution in [2.75, 3.05) is 0 Å². The Bertz CT molecular complexity index is 572. The fourth-order valence-corrected chi connectivity index (χ4v) is 1.65. The van der Waals surface area contributed by atoms with Gasteiger partial charge in [-0.2, -0.15) is 5.10 Å². The third-order valence-electron chi connectivity index (χ3n) is 2.51. The van der Waals surface area contributed by atoms with E-state index >= 15 is 0 Å². The third-order valence-corrected chi connectivity index (χ3v) is 2.51. The summed E-state index contributed by atoms with van der Waals surface area (Å²) in [6.45, 7) is 3.89. The van der Waals surface area contributed by atoms with Crippen LogP contribution in [0.25, 0.3) is 5.69 Å². The van der Waals surface area contributed by atoms with E-state index in [2.05, 4.69) is 10.3 Å². The van der Waals surface area contributed by atoms with Crippen molar-refractivity contribution in [3.63, 3.8) is 0 Å². The van der Waals surface area contributed by atoms with Crippen molar-refractivity contribution in [3.05, 3.63) is 47.3 Å². The minimum absolute atomic E-state index is 0.0770. The van der Waals surface area contributed by atoms with Crippen molar-refractivity contribution in [2.24, 2.45) is 10.9 Å². The van der Waals surface area contributed by atoms with Gasteiger partial charge in [0.1, 0.15) is 0 Å². The van der Waals surface area contributed by atoms with Crippen LogP contribution < -0.4 is 5.73 Å². The molecule has 3 N–H and O–H groups in total. The Kier molecular flexibility index (Phi) is 2.82. The summed E-state index contributed by atoms with van der Waals surface area (Å²) in [4.78, 5) is 0. The number of aromatic nitrogens is 2. The van der Waals surface area contributed by atoms with Crippen LogP contribution in [0.3, 0.4) is 0 Å². The first kappa shape index (κ1) is 11.2. The van der Waals surface area contributed by atoms with Gasteiger partial charge in [0.15, 0.2) is 5.84 Å². The van der Waals surface area contributed by atoms with Crippen LogP contribution in [-0.2, 0) is 0 Å². The lowest BCUT2D eigenvalue weighted by molar-refractivity contribution is 0.318. The quantitative estimate of drug-likeness (QED) is 0.356. The van der Waals surface area contributed by atoms with Gasteiger partial charge in [0, 0.05) is 11.8 Å². The molecule has 0 aliphatic carbocycles. The van der Waals surface area contributed by atoms with Crippen LogP contribution in [0.4, 0.5) is 0 Å². The number of oxime groups is 1. The van der Waals surface area contributed by atoms with E-state index in [9.17, 15) is 0 Å². The van der Waals surface area contributed by atoms with Gasteiger partial charge in [-0.05, 0) is 37.6 Å². The zero-order chi connectivity index (χ0) is 12.4. The Morgan fingerprint density at radius 2 is 2.12 bits per heavy atom. The Morgan fingerprint density at radius 1 is 1.35 bits per heavy atom. The van der Waals surface area contributed by atoms with E-state index in [0.717, 1.165) is 16.9 Å². The molecule has 0 radical (unpaired) electrons.